The zero-order valence-corrected chi connectivity index (χ0v) is 14.0. The number of rotatable bonds is 4. The molecule has 6 nitrogen and oxygen atoms in total. The number of aromatic nitrogens is 2. The van der Waals surface area contributed by atoms with Gasteiger partial charge in [0, 0.05) is 26.5 Å². The van der Waals surface area contributed by atoms with Gasteiger partial charge in [-0.2, -0.15) is 0 Å². The Balaban J connectivity index is 1.71. The SMILES string of the molecule is CN(C(=O)c1cccn1C)[C@@H]1CCC[C@@H](Oc2cccnc2)[C@@H]1O. The van der Waals surface area contributed by atoms with Crippen LogP contribution in [0.1, 0.15) is 29.8 Å². The van der Waals surface area contributed by atoms with Crippen LogP contribution in [0.5, 0.6) is 5.75 Å². The maximum absolute atomic E-state index is 12.7. The van der Waals surface area contributed by atoms with E-state index in [2.05, 4.69) is 4.98 Å². The third kappa shape index (κ3) is 3.28. The lowest BCUT2D eigenvalue weighted by molar-refractivity contribution is -0.0415. The minimum Gasteiger partial charge on any atom is -0.486 e. The van der Waals surface area contributed by atoms with Crippen molar-refractivity contribution >= 4 is 5.91 Å². The molecule has 6 heteroatoms. The van der Waals surface area contributed by atoms with Gasteiger partial charge in [-0.3, -0.25) is 9.78 Å². The van der Waals surface area contributed by atoms with E-state index in [1.165, 1.54) is 0 Å². The zero-order chi connectivity index (χ0) is 17.1. The second kappa shape index (κ2) is 7.05. The van der Waals surface area contributed by atoms with Crippen LogP contribution in [0.25, 0.3) is 0 Å². The van der Waals surface area contributed by atoms with Crippen LogP contribution in [-0.2, 0) is 7.05 Å². The summed E-state index contributed by atoms with van der Waals surface area (Å²) in [5.74, 6) is 0.548. The molecule has 3 atom stereocenters. The number of nitrogens with zero attached hydrogens (tertiary/aromatic N) is 3. The molecule has 0 unspecified atom stereocenters. The first-order valence-corrected chi connectivity index (χ1v) is 8.21. The van der Waals surface area contributed by atoms with Crippen LogP contribution in [-0.4, -0.2) is 50.8 Å². The van der Waals surface area contributed by atoms with Crippen LogP contribution < -0.4 is 4.74 Å². The number of carbonyl (C=O) groups is 1. The van der Waals surface area contributed by atoms with Crippen molar-refractivity contribution in [2.75, 3.05) is 7.05 Å². The van der Waals surface area contributed by atoms with Crippen LogP contribution in [0, 0.1) is 0 Å². The van der Waals surface area contributed by atoms with Gasteiger partial charge in [0.1, 0.15) is 23.7 Å². The third-order valence-corrected chi connectivity index (χ3v) is 4.67. The lowest BCUT2D eigenvalue weighted by Gasteiger charge is -2.39. The standard InChI is InChI=1S/C18H23N3O3/c1-20-11-5-8-15(20)18(23)21(2)14-7-3-9-16(17(14)22)24-13-6-4-10-19-12-13/h4-6,8,10-12,14,16-17,22H,3,7,9H2,1-2H3/t14-,16-,17-/m1/s1. The molecule has 1 saturated carbocycles. The summed E-state index contributed by atoms with van der Waals surface area (Å²) in [6, 6.07) is 6.99. The average molecular weight is 329 g/mol. The van der Waals surface area contributed by atoms with E-state index in [9.17, 15) is 9.90 Å². The Morgan fingerprint density at radius 2 is 2.21 bits per heavy atom. The lowest BCUT2D eigenvalue weighted by atomic mass is 9.88. The van der Waals surface area contributed by atoms with Crippen molar-refractivity contribution in [2.45, 2.75) is 37.5 Å². The van der Waals surface area contributed by atoms with E-state index in [4.69, 9.17) is 4.74 Å². The van der Waals surface area contributed by atoms with Gasteiger partial charge in [0.15, 0.2) is 0 Å². The molecule has 24 heavy (non-hydrogen) atoms. The van der Waals surface area contributed by atoms with Crippen LogP contribution >= 0.6 is 0 Å². The van der Waals surface area contributed by atoms with Gasteiger partial charge in [-0.05, 0) is 43.5 Å². The molecule has 0 bridgehead atoms. The molecule has 0 radical (unpaired) electrons. The van der Waals surface area contributed by atoms with Crippen molar-refractivity contribution in [1.82, 2.24) is 14.5 Å². The number of aliphatic hydroxyl groups is 1. The molecule has 1 N–H and O–H groups in total. The Morgan fingerprint density at radius 3 is 2.88 bits per heavy atom. The Hall–Kier alpha value is -2.34. The molecule has 0 aliphatic heterocycles. The number of pyridine rings is 1. The van der Waals surface area contributed by atoms with Crippen LogP contribution in [0.2, 0.25) is 0 Å². The maximum atomic E-state index is 12.7. The van der Waals surface area contributed by atoms with E-state index in [-0.39, 0.29) is 18.1 Å². The summed E-state index contributed by atoms with van der Waals surface area (Å²) in [5, 5.41) is 10.7. The third-order valence-electron chi connectivity index (χ3n) is 4.67. The lowest BCUT2D eigenvalue weighted by Crippen LogP contribution is -2.53. The fourth-order valence-corrected chi connectivity index (χ4v) is 3.28. The first-order valence-electron chi connectivity index (χ1n) is 8.21. The Kier molecular flexibility index (Phi) is 4.85. The Bertz CT molecular complexity index is 686. The summed E-state index contributed by atoms with van der Waals surface area (Å²) in [6.07, 6.45) is 6.52. The number of aliphatic hydroxyl groups excluding tert-OH is 1. The number of hydrogen-bond donors (Lipinski definition) is 1. The smallest absolute Gasteiger partial charge is 0.270 e. The first kappa shape index (κ1) is 16.5. The number of ether oxygens (including phenoxy) is 1. The zero-order valence-electron chi connectivity index (χ0n) is 14.0. The van der Waals surface area contributed by atoms with Gasteiger partial charge in [-0.1, -0.05) is 0 Å². The molecule has 0 saturated heterocycles. The number of amides is 1. The van der Waals surface area contributed by atoms with Crippen molar-refractivity contribution in [3.8, 4) is 5.75 Å². The minimum absolute atomic E-state index is 0.0893. The Labute approximate surface area is 141 Å². The predicted octanol–water partition coefficient (Wildman–Crippen LogP) is 1.85. The van der Waals surface area contributed by atoms with Crippen LogP contribution in [0.4, 0.5) is 0 Å². The normalized spacial score (nSPS) is 23.7. The summed E-state index contributed by atoms with van der Waals surface area (Å²) in [6.45, 7) is 0. The predicted molar refractivity (Wildman–Crippen MR) is 89.8 cm³/mol. The van der Waals surface area contributed by atoms with Gasteiger partial charge in [0.05, 0.1) is 12.2 Å². The van der Waals surface area contributed by atoms with E-state index >= 15 is 0 Å². The van der Waals surface area contributed by atoms with E-state index in [1.54, 1.807) is 41.0 Å². The van der Waals surface area contributed by atoms with E-state index in [0.29, 0.717) is 11.4 Å². The molecule has 0 aromatic carbocycles. The molecule has 0 spiro atoms. The molecule has 1 amide bonds. The maximum Gasteiger partial charge on any atom is 0.270 e. The topological polar surface area (TPSA) is 67.6 Å². The van der Waals surface area contributed by atoms with Gasteiger partial charge >= 0.3 is 0 Å². The van der Waals surface area contributed by atoms with Crippen molar-refractivity contribution in [3.05, 3.63) is 48.5 Å². The summed E-state index contributed by atoms with van der Waals surface area (Å²) in [4.78, 5) is 18.3. The summed E-state index contributed by atoms with van der Waals surface area (Å²) in [7, 11) is 3.59. The molecule has 1 aliphatic rings. The largest absolute Gasteiger partial charge is 0.486 e. The van der Waals surface area contributed by atoms with Crippen molar-refractivity contribution in [3.63, 3.8) is 0 Å². The van der Waals surface area contributed by atoms with Gasteiger partial charge in [0.2, 0.25) is 0 Å². The number of aryl methyl sites for hydroxylation is 1. The second-order valence-corrected chi connectivity index (χ2v) is 6.25. The van der Waals surface area contributed by atoms with Crippen molar-refractivity contribution < 1.29 is 14.6 Å². The van der Waals surface area contributed by atoms with Gasteiger partial charge in [0.25, 0.3) is 5.91 Å². The Morgan fingerprint density at radius 1 is 1.38 bits per heavy atom. The van der Waals surface area contributed by atoms with Crippen molar-refractivity contribution in [2.24, 2.45) is 7.05 Å². The molecular formula is C18H23N3O3. The van der Waals surface area contributed by atoms with Gasteiger partial charge < -0.3 is 19.3 Å². The molecular weight excluding hydrogens is 306 g/mol. The monoisotopic (exact) mass is 329 g/mol. The average Bonchev–Trinajstić information content (AvgIpc) is 3.02. The van der Waals surface area contributed by atoms with Gasteiger partial charge in [-0.15, -0.1) is 0 Å². The van der Waals surface area contributed by atoms with Gasteiger partial charge in [-0.25, -0.2) is 0 Å². The number of likely N-dealkylation sites (N-methyl/N-ethyl adjacent to an activating group) is 1. The highest BCUT2D eigenvalue weighted by atomic mass is 16.5. The first-order chi connectivity index (χ1) is 11.6. The molecule has 2 aromatic rings. The highest BCUT2D eigenvalue weighted by Crippen LogP contribution is 2.27. The summed E-state index contributed by atoms with van der Waals surface area (Å²) < 4.78 is 7.68. The van der Waals surface area contributed by atoms with E-state index in [1.807, 2.05) is 25.4 Å². The number of carbonyl (C=O) groups excluding carboxylic acids is 1. The van der Waals surface area contributed by atoms with Crippen molar-refractivity contribution in [1.29, 1.82) is 0 Å². The minimum atomic E-state index is -0.729. The summed E-state index contributed by atoms with van der Waals surface area (Å²) in [5.41, 5.74) is 0.611. The quantitative estimate of drug-likeness (QED) is 0.929. The fraction of sp³-hybridized carbons (Fsp3) is 0.444. The number of hydrogen-bond acceptors (Lipinski definition) is 4. The van der Waals surface area contributed by atoms with E-state index < -0.39 is 6.10 Å². The molecule has 1 fully saturated rings. The molecule has 1 aliphatic carbocycles. The molecule has 3 rings (SSSR count). The van der Waals surface area contributed by atoms with E-state index in [0.717, 1.165) is 19.3 Å². The molecule has 2 heterocycles. The molecule has 2 aromatic heterocycles. The highest BCUT2D eigenvalue weighted by Gasteiger charge is 2.37. The second-order valence-electron chi connectivity index (χ2n) is 6.25. The van der Waals surface area contributed by atoms with Crippen LogP contribution in [0.15, 0.2) is 42.9 Å². The molecule has 128 valence electrons. The fourth-order valence-electron chi connectivity index (χ4n) is 3.28. The van der Waals surface area contributed by atoms with Crippen LogP contribution in [0.3, 0.4) is 0 Å². The summed E-state index contributed by atoms with van der Waals surface area (Å²) >= 11 is 0. The highest BCUT2D eigenvalue weighted by molar-refractivity contribution is 5.92.